The maximum atomic E-state index is 11.1. The minimum Gasteiger partial charge on any atom is -0.396 e. The Morgan fingerprint density at radius 1 is 1.31 bits per heavy atom. The monoisotopic (exact) mass is 185 g/mol. The number of aliphatic hydroxyl groups is 1. The number of unbranched alkanes of at least 4 members (excludes halogenated alkanes) is 2. The Morgan fingerprint density at radius 3 is 2.38 bits per heavy atom. The summed E-state index contributed by atoms with van der Waals surface area (Å²) in [5, 5.41) is 11.5. The summed E-state index contributed by atoms with van der Waals surface area (Å²) in [6.45, 7) is 2.37. The molecule has 0 aromatic rings. The highest BCUT2D eigenvalue weighted by atomic mass is 16.2. The van der Waals surface area contributed by atoms with E-state index >= 15 is 0 Å². The second kappa shape index (κ2) is 4.61. The van der Waals surface area contributed by atoms with Crippen molar-refractivity contribution in [1.29, 1.82) is 0 Å². The minimum absolute atomic E-state index is 0.189. The third-order valence-electron chi connectivity index (χ3n) is 2.69. The Balaban J connectivity index is 2.21. The van der Waals surface area contributed by atoms with E-state index in [4.69, 9.17) is 5.11 Å². The lowest BCUT2D eigenvalue weighted by molar-refractivity contribution is -0.112. The van der Waals surface area contributed by atoms with E-state index in [9.17, 15) is 4.79 Å². The molecule has 0 aromatic carbocycles. The van der Waals surface area contributed by atoms with Gasteiger partial charge in [-0.1, -0.05) is 19.8 Å². The zero-order valence-corrected chi connectivity index (χ0v) is 8.31. The average molecular weight is 185 g/mol. The van der Waals surface area contributed by atoms with Crippen molar-refractivity contribution in [1.82, 2.24) is 5.32 Å². The summed E-state index contributed by atoms with van der Waals surface area (Å²) >= 11 is 0. The molecule has 0 aliphatic carbocycles. The summed E-state index contributed by atoms with van der Waals surface area (Å²) in [5.41, 5.74) is -0.189. The van der Waals surface area contributed by atoms with Gasteiger partial charge in [0.25, 0.3) is 0 Å². The van der Waals surface area contributed by atoms with Crippen LogP contribution in [0.25, 0.3) is 0 Å². The summed E-state index contributed by atoms with van der Waals surface area (Å²) in [6, 6.07) is 0. The number of amides is 1. The predicted octanol–water partition coefficient (Wildman–Crippen LogP) is 1.21. The van der Waals surface area contributed by atoms with E-state index in [0.29, 0.717) is 0 Å². The van der Waals surface area contributed by atoms with Crippen LogP contribution in [-0.4, -0.2) is 23.2 Å². The van der Waals surface area contributed by atoms with Gasteiger partial charge in [-0.25, -0.2) is 0 Å². The van der Waals surface area contributed by atoms with Gasteiger partial charge in [-0.2, -0.15) is 0 Å². The van der Waals surface area contributed by atoms with Crippen molar-refractivity contribution in [3.05, 3.63) is 0 Å². The number of hydrogen-bond donors (Lipinski definition) is 2. The molecule has 1 aliphatic rings. The van der Waals surface area contributed by atoms with Gasteiger partial charge >= 0.3 is 0 Å². The Hall–Kier alpha value is -0.570. The molecule has 1 saturated heterocycles. The maximum absolute atomic E-state index is 11.1. The highest BCUT2D eigenvalue weighted by Gasteiger charge is 2.51. The molecule has 1 rings (SSSR count). The molecule has 76 valence electrons. The van der Waals surface area contributed by atoms with Crippen LogP contribution in [0.5, 0.6) is 0 Å². The third kappa shape index (κ3) is 2.69. The molecular weight excluding hydrogens is 166 g/mol. The van der Waals surface area contributed by atoms with E-state index in [1.165, 1.54) is 0 Å². The maximum Gasteiger partial charge on any atom is 0.246 e. The molecule has 1 atom stereocenters. The van der Waals surface area contributed by atoms with E-state index in [2.05, 4.69) is 12.2 Å². The molecule has 13 heavy (non-hydrogen) atoms. The molecule has 3 heteroatoms. The Morgan fingerprint density at radius 2 is 1.92 bits per heavy atom. The standard InChI is InChI=1S/C10H19NO2/c1-2-3-6-10(9(13)11-10)7-4-5-8-12/h12H,2-8H2,1H3,(H,11,13). The van der Waals surface area contributed by atoms with Crippen LogP contribution in [0.15, 0.2) is 0 Å². The highest BCUT2D eigenvalue weighted by molar-refractivity contribution is 6.01. The third-order valence-corrected chi connectivity index (χ3v) is 2.69. The Kier molecular flexibility index (Phi) is 3.72. The Labute approximate surface area is 79.5 Å². The molecule has 1 fully saturated rings. The topological polar surface area (TPSA) is 59.2 Å². The molecule has 0 spiro atoms. The fraction of sp³-hybridized carbons (Fsp3) is 0.900. The van der Waals surface area contributed by atoms with Crippen molar-refractivity contribution in [3.8, 4) is 0 Å². The van der Waals surface area contributed by atoms with Crippen LogP contribution in [0.2, 0.25) is 0 Å². The number of carbonyl (C=O) groups is 1. The zero-order valence-electron chi connectivity index (χ0n) is 8.31. The first-order valence-electron chi connectivity index (χ1n) is 5.18. The summed E-state index contributed by atoms with van der Waals surface area (Å²) in [7, 11) is 0. The lowest BCUT2D eigenvalue weighted by Gasteiger charge is -2.08. The first kappa shape index (κ1) is 10.5. The second-order valence-corrected chi connectivity index (χ2v) is 3.82. The van der Waals surface area contributed by atoms with Gasteiger partial charge in [0.1, 0.15) is 5.54 Å². The van der Waals surface area contributed by atoms with Crippen LogP contribution in [0.4, 0.5) is 0 Å². The van der Waals surface area contributed by atoms with Crippen LogP contribution < -0.4 is 5.32 Å². The molecule has 0 saturated carbocycles. The Bertz CT molecular complexity index is 182. The average Bonchev–Trinajstić information content (AvgIpc) is 2.75. The largest absolute Gasteiger partial charge is 0.396 e. The second-order valence-electron chi connectivity index (χ2n) is 3.82. The minimum atomic E-state index is -0.189. The van der Waals surface area contributed by atoms with E-state index in [0.717, 1.165) is 38.5 Å². The van der Waals surface area contributed by atoms with Crippen molar-refractivity contribution >= 4 is 5.91 Å². The van der Waals surface area contributed by atoms with Gasteiger partial charge in [-0.3, -0.25) is 4.79 Å². The van der Waals surface area contributed by atoms with E-state index in [-0.39, 0.29) is 18.1 Å². The van der Waals surface area contributed by atoms with E-state index < -0.39 is 0 Å². The van der Waals surface area contributed by atoms with Gasteiger partial charge in [0.2, 0.25) is 5.91 Å². The zero-order chi connectivity index (χ0) is 9.73. The number of rotatable bonds is 7. The van der Waals surface area contributed by atoms with Crippen LogP contribution in [0, 0.1) is 0 Å². The van der Waals surface area contributed by atoms with Crippen molar-refractivity contribution in [2.24, 2.45) is 0 Å². The van der Waals surface area contributed by atoms with Crippen molar-refractivity contribution in [2.45, 2.75) is 51.0 Å². The van der Waals surface area contributed by atoms with Gasteiger partial charge in [0, 0.05) is 6.61 Å². The number of nitrogens with one attached hydrogen (secondary N) is 1. The summed E-state index contributed by atoms with van der Waals surface area (Å²) < 4.78 is 0. The van der Waals surface area contributed by atoms with Crippen molar-refractivity contribution in [3.63, 3.8) is 0 Å². The van der Waals surface area contributed by atoms with E-state index in [1.54, 1.807) is 0 Å². The van der Waals surface area contributed by atoms with Crippen molar-refractivity contribution in [2.75, 3.05) is 6.61 Å². The van der Waals surface area contributed by atoms with Crippen LogP contribution >= 0.6 is 0 Å². The molecule has 3 nitrogen and oxygen atoms in total. The fourth-order valence-corrected chi connectivity index (χ4v) is 1.68. The lowest BCUT2D eigenvalue weighted by Crippen LogP contribution is -2.16. The SMILES string of the molecule is CCCCC1(CCCCO)NC1=O. The molecule has 0 aromatic heterocycles. The molecule has 1 unspecified atom stereocenters. The van der Waals surface area contributed by atoms with Gasteiger partial charge < -0.3 is 10.4 Å². The van der Waals surface area contributed by atoms with Crippen LogP contribution in [-0.2, 0) is 4.79 Å². The normalized spacial score (nSPS) is 25.8. The highest BCUT2D eigenvalue weighted by Crippen LogP contribution is 2.31. The first-order chi connectivity index (χ1) is 6.25. The molecule has 1 heterocycles. The summed E-state index contributed by atoms with van der Waals surface area (Å²) in [5.74, 6) is 0.207. The quantitative estimate of drug-likeness (QED) is 0.462. The number of carbonyl (C=O) groups excluding carboxylic acids is 1. The molecule has 1 amide bonds. The lowest BCUT2D eigenvalue weighted by atomic mass is 9.95. The summed E-state index contributed by atoms with van der Waals surface area (Å²) in [6.07, 6.45) is 5.86. The van der Waals surface area contributed by atoms with Crippen LogP contribution in [0.3, 0.4) is 0 Å². The van der Waals surface area contributed by atoms with Gasteiger partial charge in [-0.15, -0.1) is 0 Å². The van der Waals surface area contributed by atoms with Gasteiger partial charge in [-0.05, 0) is 25.7 Å². The predicted molar refractivity (Wildman–Crippen MR) is 51.3 cm³/mol. The number of hydrogen-bond acceptors (Lipinski definition) is 2. The smallest absolute Gasteiger partial charge is 0.246 e. The van der Waals surface area contributed by atoms with Crippen molar-refractivity contribution < 1.29 is 9.90 Å². The number of aliphatic hydroxyl groups excluding tert-OH is 1. The van der Waals surface area contributed by atoms with E-state index in [1.807, 2.05) is 0 Å². The first-order valence-corrected chi connectivity index (χ1v) is 5.18. The summed E-state index contributed by atoms with van der Waals surface area (Å²) in [4.78, 5) is 11.1. The van der Waals surface area contributed by atoms with Gasteiger partial charge in [0.05, 0.1) is 0 Å². The molecule has 0 radical (unpaired) electrons. The van der Waals surface area contributed by atoms with Crippen LogP contribution in [0.1, 0.15) is 45.4 Å². The van der Waals surface area contributed by atoms with Gasteiger partial charge in [0.15, 0.2) is 0 Å². The molecule has 2 N–H and O–H groups in total. The molecule has 0 bridgehead atoms. The fourth-order valence-electron chi connectivity index (χ4n) is 1.68. The molecule has 1 aliphatic heterocycles. The molecular formula is C10H19NO2.